The Morgan fingerprint density at radius 3 is 2.50 bits per heavy atom. The molecule has 2 N–H and O–H groups in total. The largest absolute Gasteiger partial charge is 0.497 e. The first-order valence-corrected chi connectivity index (χ1v) is 8.10. The van der Waals surface area contributed by atoms with Crippen LogP contribution in [0.3, 0.4) is 0 Å². The Kier molecular flexibility index (Phi) is 4.92. The molecule has 3 rings (SSSR count). The van der Waals surface area contributed by atoms with Crippen molar-refractivity contribution in [1.82, 2.24) is 0 Å². The number of nitro groups is 1. The Morgan fingerprint density at radius 1 is 1.12 bits per heavy atom. The van der Waals surface area contributed by atoms with Crippen LogP contribution in [0.25, 0.3) is 0 Å². The van der Waals surface area contributed by atoms with Crippen molar-refractivity contribution in [1.29, 1.82) is 0 Å². The third kappa shape index (κ3) is 3.85. The molecule has 0 saturated heterocycles. The van der Waals surface area contributed by atoms with Gasteiger partial charge in [0.2, 0.25) is 0 Å². The maximum absolute atomic E-state index is 12.6. The molecule has 26 heavy (non-hydrogen) atoms. The number of nitrogens with one attached hydrogen (secondary N) is 2. The minimum absolute atomic E-state index is 0.123. The molecule has 2 aromatic rings. The molecule has 0 bridgehead atoms. The highest BCUT2D eigenvalue weighted by Gasteiger charge is 2.25. The number of methoxy groups -OCH3 is 2. The highest BCUT2D eigenvalue weighted by atomic mass is 16.6. The van der Waals surface area contributed by atoms with Gasteiger partial charge in [-0.25, -0.2) is 0 Å². The van der Waals surface area contributed by atoms with Crippen LogP contribution in [0.1, 0.15) is 23.2 Å². The van der Waals surface area contributed by atoms with Crippen LogP contribution in [0, 0.1) is 10.1 Å². The predicted molar refractivity (Wildman–Crippen MR) is 97.2 cm³/mol. The second kappa shape index (κ2) is 7.30. The third-order valence-corrected chi connectivity index (χ3v) is 4.05. The van der Waals surface area contributed by atoms with Crippen molar-refractivity contribution in [2.75, 3.05) is 24.9 Å². The number of rotatable bonds is 7. The van der Waals surface area contributed by atoms with Crippen LogP contribution >= 0.6 is 0 Å². The first kappa shape index (κ1) is 17.5. The first-order chi connectivity index (χ1) is 12.5. The van der Waals surface area contributed by atoms with Gasteiger partial charge in [-0.1, -0.05) is 0 Å². The molecular weight excluding hydrogens is 338 g/mol. The zero-order chi connectivity index (χ0) is 18.7. The van der Waals surface area contributed by atoms with Crippen molar-refractivity contribution < 1.29 is 19.2 Å². The minimum Gasteiger partial charge on any atom is -0.497 e. The van der Waals surface area contributed by atoms with Gasteiger partial charge in [-0.05, 0) is 37.1 Å². The molecule has 1 fully saturated rings. The lowest BCUT2D eigenvalue weighted by molar-refractivity contribution is -0.384. The van der Waals surface area contributed by atoms with Gasteiger partial charge in [-0.2, -0.15) is 0 Å². The molecule has 0 radical (unpaired) electrons. The van der Waals surface area contributed by atoms with Crippen molar-refractivity contribution >= 4 is 23.0 Å². The van der Waals surface area contributed by atoms with Gasteiger partial charge in [0.15, 0.2) is 0 Å². The fourth-order valence-electron chi connectivity index (χ4n) is 2.50. The van der Waals surface area contributed by atoms with E-state index < -0.39 is 10.8 Å². The summed E-state index contributed by atoms with van der Waals surface area (Å²) in [6, 6.07) is 9.65. The molecule has 1 aliphatic rings. The van der Waals surface area contributed by atoms with Crippen LogP contribution in [0.2, 0.25) is 0 Å². The fraction of sp³-hybridized carbons (Fsp3) is 0.278. The average Bonchev–Trinajstić information content (AvgIpc) is 3.45. The predicted octanol–water partition coefficient (Wildman–Crippen LogP) is 3.44. The Bertz CT molecular complexity index is 849. The molecule has 1 aliphatic carbocycles. The van der Waals surface area contributed by atoms with E-state index in [0.29, 0.717) is 22.9 Å². The normalized spacial score (nSPS) is 13.0. The lowest BCUT2D eigenvalue weighted by Gasteiger charge is -2.12. The molecule has 136 valence electrons. The summed E-state index contributed by atoms with van der Waals surface area (Å²) >= 11 is 0. The minimum atomic E-state index is -0.492. The zero-order valence-electron chi connectivity index (χ0n) is 14.4. The number of benzene rings is 2. The smallest absolute Gasteiger partial charge is 0.293 e. The molecule has 0 aromatic heterocycles. The number of carbonyl (C=O) groups excluding carboxylic acids is 1. The number of ether oxygens (including phenoxy) is 2. The van der Waals surface area contributed by atoms with Gasteiger partial charge < -0.3 is 20.1 Å². The Hall–Kier alpha value is -3.29. The fourth-order valence-corrected chi connectivity index (χ4v) is 2.50. The zero-order valence-corrected chi connectivity index (χ0v) is 14.4. The third-order valence-electron chi connectivity index (χ3n) is 4.05. The van der Waals surface area contributed by atoms with Gasteiger partial charge >= 0.3 is 0 Å². The van der Waals surface area contributed by atoms with E-state index in [1.54, 1.807) is 30.3 Å². The van der Waals surface area contributed by atoms with Crippen LogP contribution in [-0.2, 0) is 0 Å². The Balaban J connectivity index is 1.85. The van der Waals surface area contributed by atoms with Gasteiger partial charge in [-0.15, -0.1) is 0 Å². The number of carbonyl (C=O) groups is 1. The summed E-state index contributed by atoms with van der Waals surface area (Å²) in [6.45, 7) is 0. The van der Waals surface area contributed by atoms with Gasteiger partial charge in [0, 0.05) is 23.7 Å². The number of nitro benzene ring substituents is 1. The second-order valence-corrected chi connectivity index (χ2v) is 5.93. The standard InChI is InChI=1S/C18H19N3O5/c1-25-13-6-8-17(26-2)15(10-13)20-18(22)11-3-7-14(19-12-4-5-12)16(9-11)21(23)24/h3,6-10,12,19H,4-5H2,1-2H3,(H,20,22). The van der Waals surface area contributed by atoms with Crippen LogP contribution < -0.4 is 20.1 Å². The summed E-state index contributed by atoms with van der Waals surface area (Å²) < 4.78 is 10.4. The molecule has 2 aromatic carbocycles. The van der Waals surface area contributed by atoms with Crippen LogP contribution in [0.5, 0.6) is 11.5 Å². The number of hydrogen-bond acceptors (Lipinski definition) is 6. The number of nitrogens with zero attached hydrogens (tertiary/aromatic N) is 1. The van der Waals surface area contributed by atoms with Gasteiger partial charge in [0.05, 0.1) is 24.8 Å². The maximum Gasteiger partial charge on any atom is 0.293 e. The summed E-state index contributed by atoms with van der Waals surface area (Å²) in [6.07, 6.45) is 1.99. The molecule has 0 aliphatic heterocycles. The summed E-state index contributed by atoms with van der Waals surface area (Å²) in [4.78, 5) is 23.4. The summed E-state index contributed by atoms with van der Waals surface area (Å²) in [7, 11) is 3.00. The van der Waals surface area contributed by atoms with Crippen molar-refractivity contribution in [2.24, 2.45) is 0 Å². The topological polar surface area (TPSA) is 103 Å². The molecular formula is C18H19N3O5. The number of amides is 1. The molecule has 8 nitrogen and oxygen atoms in total. The quantitative estimate of drug-likeness (QED) is 0.581. The molecule has 0 heterocycles. The molecule has 1 saturated carbocycles. The molecule has 8 heteroatoms. The summed E-state index contributed by atoms with van der Waals surface area (Å²) in [5.41, 5.74) is 0.901. The van der Waals surface area contributed by atoms with Gasteiger partial charge in [-0.3, -0.25) is 14.9 Å². The lowest BCUT2D eigenvalue weighted by atomic mass is 10.1. The van der Waals surface area contributed by atoms with E-state index in [1.807, 2.05) is 0 Å². The Morgan fingerprint density at radius 2 is 1.88 bits per heavy atom. The monoisotopic (exact) mass is 357 g/mol. The van der Waals surface area contributed by atoms with E-state index in [-0.39, 0.29) is 17.3 Å². The van der Waals surface area contributed by atoms with E-state index >= 15 is 0 Å². The van der Waals surface area contributed by atoms with Crippen LogP contribution in [-0.4, -0.2) is 31.1 Å². The summed E-state index contributed by atoms with van der Waals surface area (Å²) in [5.74, 6) is 0.536. The SMILES string of the molecule is COc1ccc(OC)c(NC(=O)c2ccc(NC3CC3)c([N+](=O)[O-])c2)c1. The molecule has 0 atom stereocenters. The highest BCUT2D eigenvalue weighted by Crippen LogP contribution is 2.33. The van der Waals surface area contributed by atoms with Crippen molar-refractivity contribution in [2.45, 2.75) is 18.9 Å². The average molecular weight is 357 g/mol. The van der Waals surface area contributed by atoms with E-state index in [0.717, 1.165) is 12.8 Å². The highest BCUT2D eigenvalue weighted by molar-refractivity contribution is 6.06. The number of anilines is 2. The second-order valence-electron chi connectivity index (χ2n) is 5.93. The van der Waals surface area contributed by atoms with Gasteiger partial charge in [0.25, 0.3) is 11.6 Å². The molecule has 1 amide bonds. The van der Waals surface area contributed by atoms with Crippen LogP contribution in [0.15, 0.2) is 36.4 Å². The first-order valence-electron chi connectivity index (χ1n) is 8.10. The summed E-state index contributed by atoms with van der Waals surface area (Å²) in [5, 5.41) is 17.1. The molecule has 0 spiro atoms. The number of hydrogen-bond donors (Lipinski definition) is 2. The van der Waals surface area contributed by atoms with E-state index in [9.17, 15) is 14.9 Å². The van der Waals surface area contributed by atoms with Gasteiger partial charge in [0.1, 0.15) is 17.2 Å². The van der Waals surface area contributed by atoms with E-state index in [2.05, 4.69) is 10.6 Å². The molecule has 0 unspecified atom stereocenters. The lowest BCUT2D eigenvalue weighted by Crippen LogP contribution is -2.14. The maximum atomic E-state index is 12.6. The van der Waals surface area contributed by atoms with Crippen molar-refractivity contribution in [3.05, 3.63) is 52.1 Å². The van der Waals surface area contributed by atoms with Crippen molar-refractivity contribution in [3.63, 3.8) is 0 Å². The van der Waals surface area contributed by atoms with E-state index in [4.69, 9.17) is 9.47 Å². The Labute approximate surface area is 150 Å². The van der Waals surface area contributed by atoms with Crippen LogP contribution in [0.4, 0.5) is 17.1 Å². The van der Waals surface area contributed by atoms with Crippen molar-refractivity contribution in [3.8, 4) is 11.5 Å². The van der Waals surface area contributed by atoms with E-state index in [1.165, 1.54) is 20.3 Å².